The van der Waals surface area contributed by atoms with Crippen molar-refractivity contribution in [1.82, 2.24) is 4.41 Å². The highest BCUT2D eigenvalue weighted by Gasteiger charge is 2.36. The van der Waals surface area contributed by atoms with Crippen LogP contribution in [0.2, 0.25) is 0 Å². The quantitative estimate of drug-likeness (QED) is 0.715. The first-order chi connectivity index (χ1) is 12.3. The minimum absolute atomic E-state index is 0.443. The van der Waals surface area contributed by atoms with E-state index in [0.717, 1.165) is 20.7 Å². The summed E-state index contributed by atoms with van der Waals surface area (Å²) in [6.45, 7) is 0. The number of ether oxygens (including phenoxy) is 2. The van der Waals surface area contributed by atoms with Crippen LogP contribution in [0.25, 0.3) is 0 Å². The van der Waals surface area contributed by atoms with Crippen molar-refractivity contribution in [2.24, 2.45) is 5.10 Å². The fraction of sp³-hybridized carbons (Fsp3) is 0.278. The van der Waals surface area contributed by atoms with E-state index in [2.05, 4.69) is 21.0 Å². The lowest BCUT2D eigenvalue weighted by Crippen LogP contribution is -2.26. The zero-order valence-electron chi connectivity index (χ0n) is 14.6. The maximum atomic E-state index is 12.3. The molecule has 0 aromatic heterocycles. The van der Waals surface area contributed by atoms with Crippen LogP contribution in [0.5, 0.6) is 11.5 Å². The molecule has 1 heterocycles. The highest BCUT2D eigenvalue weighted by molar-refractivity contribution is 9.10. The van der Waals surface area contributed by atoms with Crippen molar-refractivity contribution in [1.29, 1.82) is 0 Å². The topological polar surface area (TPSA) is 68.2 Å². The lowest BCUT2D eigenvalue weighted by molar-refractivity contribution is 0.348. The Kier molecular flexibility index (Phi) is 5.24. The summed E-state index contributed by atoms with van der Waals surface area (Å²) in [5.74, 6) is 1.23. The Labute approximate surface area is 161 Å². The van der Waals surface area contributed by atoms with E-state index < -0.39 is 16.1 Å². The molecule has 0 fully saturated rings. The summed E-state index contributed by atoms with van der Waals surface area (Å²) < 4.78 is 37.5. The Hall–Kier alpha value is -2.06. The molecule has 138 valence electrons. The number of methoxy groups -OCH3 is 2. The highest BCUT2D eigenvalue weighted by Crippen LogP contribution is 2.40. The Balaban J connectivity index is 2.06. The maximum absolute atomic E-state index is 12.3. The standard InChI is InChI=1S/C18H19BrN2O4S/c1-24-14-8-9-18(25-2)15(10-14)17-11-16(20-21(17)26(3,22)23)12-4-6-13(19)7-5-12/h4-10,17H,11H2,1-3H3/t17-/m1/s1. The van der Waals surface area contributed by atoms with Gasteiger partial charge in [0.25, 0.3) is 0 Å². The third-order valence-corrected chi connectivity index (χ3v) is 5.73. The van der Waals surface area contributed by atoms with E-state index in [1.165, 1.54) is 0 Å². The van der Waals surface area contributed by atoms with E-state index in [4.69, 9.17) is 9.47 Å². The average Bonchev–Trinajstić information content (AvgIpc) is 3.07. The molecule has 0 saturated heterocycles. The van der Waals surface area contributed by atoms with E-state index in [0.29, 0.717) is 29.2 Å². The molecule has 1 atom stereocenters. The number of halogens is 1. The van der Waals surface area contributed by atoms with Crippen molar-refractivity contribution in [3.8, 4) is 11.5 Å². The predicted molar refractivity (Wildman–Crippen MR) is 104 cm³/mol. The van der Waals surface area contributed by atoms with E-state index in [1.54, 1.807) is 32.4 Å². The van der Waals surface area contributed by atoms with Crippen molar-refractivity contribution < 1.29 is 17.9 Å². The van der Waals surface area contributed by atoms with Crippen molar-refractivity contribution in [2.45, 2.75) is 12.5 Å². The third kappa shape index (κ3) is 3.71. The summed E-state index contributed by atoms with van der Waals surface area (Å²) in [5, 5.41) is 4.40. The van der Waals surface area contributed by atoms with Gasteiger partial charge in [0.1, 0.15) is 11.5 Å². The van der Waals surface area contributed by atoms with Crippen LogP contribution in [0.3, 0.4) is 0 Å². The van der Waals surface area contributed by atoms with E-state index >= 15 is 0 Å². The van der Waals surface area contributed by atoms with Gasteiger partial charge in [0.15, 0.2) is 0 Å². The first-order valence-electron chi connectivity index (χ1n) is 7.88. The second-order valence-electron chi connectivity index (χ2n) is 5.92. The number of sulfonamides is 1. The molecule has 6 nitrogen and oxygen atoms in total. The van der Waals surface area contributed by atoms with Gasteiger partial charge in [-0.2, -0.15) is 9.52 Å². The Morgan fingerprint density at radius 1 is 1.12 bits per heavy atom. The molecule has 0 unspecified atom stereocenters. The summed E-state index contributed by atoms with van der Waals surface area (Å²) in [4.78, 5) is 0. The minimum Gasteiger partial charge on any atom is -0.497 e. The Morgan fingerprint density at radius 2 is 1.81 bits per heavy atom. The van der Waals surface area contributed by atoms with E-state index in [1.807, 2.05) is 24.3 Å². The van der Waals surface area contributed by atoms with Crippen molar-refractivity contribution >= 4 is 31.7 Å². The van der Waals surface area contributed by atoms with Gasteiger partial charge < -0.3 is 9.47 Å². The van der Waals surface area contributed by atoms with Crippen LogP contribution < -0.4 is 9.47 Å². The minimum atomic E-state index is -3.55. The lowest BCUT2D eigenvalue weighted by atomic mass is 9.98. The summed E-state index contributed by atoms with van der Waals surface area (Å²) in [5.41, 5.74) is 2.30. The number of benzene rings is 2. The van der Waals surface area contributed by atoms with Gasteiger partial charge in [-0.25, -0.2) is 8.42 Å². The number of rotatable bonds is 5. The molecule has 2 aromatic carbocycles. The van der Waals surface area contributed by atoms with Crippen LogP contribution >= 0.6 is 15.9 Å². The molecule has 0 amide bonds. The number of hydrazone groups is 1. The van der Waals surface area contributed by atoms with Crippen molar-refractivity contribution in [3.05, 3.63) is 58.1 Å². The summed E-state index contributed by atoms with van der Waals surface area (Å²) >= 11 is 3.40. The molecule has 0 bridgehead atoms. The first-order valence-corrected chi connectivity index (χ1v) is 10.5. The SMILES string of the molecule is COc1ccc(OC)c([C@H]2CC(c3ccc(Br)cc3)=NN2S(C)(=O)=O)c1. The Bertz CT molecular complexity index is 942. The number of hydrogen-bond donors (Lipinski definition) is 0. The second kappa shape index (κ2) is 7.28. The van der Waals surface area contributed by atoms with Crippen LogP contribution in [0, 0.1) is 0 Å². The highest BCUT2D eigenvalue weighted by atomic mass is 79.9. The normalized spacial score (nSPS) is 17.2. The number of hydrogen-bond acceptors (Lipinski definition) is 5. The molecular formula is C18H19BrN2O4S. The van der Waals surface area contributed by atoms with Crippen LogP contribution in [-0.2, 0) is 10.0 Å². The van der Waals surface area contributed by atoms with Gasteiger partial charge in [0.05, 0.1) is 32.2 Å². The molecule has 26 heavy (non-hydrogen) atoms. The summed E-state index contributed by atoms with van der Waals surface area (Å²) in [7, 11) is -0.428. The molecular weight excluding hydrogens is 420 g/mol. The maximum Gasteiger partial charge on any atom is 0.247 e. The van der Waals surface area contributed by atoms with E-state index in [9.17, 15) is 8.42 Å². The third-order valence-electron chi connectivity index (χ3n) is 4.19. The van der Waals surface area contributed by atoms with Crippen LogP contribution in [0.15, 0.2) is 52.0 Å². The molecule has 0 saturated carbocycles. The van der Waals surface area contributed by atoms with Crippen LogP contribution in [0.1, 0.15) is 23.6 Å². The molecule has 8 heteroatoms. The van der Waals surface area contributed by atoms with Gasteiger partial charge in [0, 0.05) is 16.5 Å². The fourth-order valence-electron chi connectivity index (χ4n) is 2.94. The van der Waals surface area contributed by atoms with Gasteiger partial charge >= 0.3 is 0 Å². The molecule has 1 aliphatic heterocycles. The Morgan fingerprint density at radius 3 is 2.38 bits per heavy atom. The molecule has 0 aliphatic carbocycles. The molecule has 0 N–H and O–H groups in total. The van der Waals surface area contributed by atoms with Gasteiger partial charge in [-0.15, -0.1) is 0 Å². The molecule has 1 aliphatic rings. The molecule has 0 spiro atoms. The zero-order chi connectivity index (χ0) is 18.9. The van der Waals surface area contributed by atoms with Crippen molar-refractivity contribution in [2.75, 3.05) is 20.5 Å². The predicted octanol–water partition coefficient (Wildman–Crippen LogP) is 3.58. The van der Waals surface area contributed by atoms with E-state index in [-0.39, 0.29) is 0 Å². The zero-order valence-corrected chi connectivity index (χ0v) is 17.0. The van der Waals surface area contributed by atoms with Gasteiger partial charge in [-0.05, 0) is 35.9 Å². The van der Waals surface area contributed by atoms with Gasteiger partial charge in [-0.3, -0.25) is 0 Å². The fourth-order valence-corrected chi connectivity index (χ4v) is 4.10. The molecule has 0 radical (unpaired) electrons. The van der Waals surface area contributed by atoms with Gasteiger partial charge in [0.2, 0.25) is 10.0 Å². The molecule has 3 rings (SSSR count). The van der Waals surface area contributed by atoms with Crippen LogP contribution in [0.4, 0.5) is 0 Å². The average molecular weight is 439 g/mol. The first kappa shape index (κ1) is 18.7. The van der Waals surface area contributed by atoms with Crippen LogP contribution in [-0.4, -0.2) is 39.0 Å². The lowest BCUT2D eigenvalue weighted by Gasteiger charge is -2.23. The largest absolute Gasteiger partial charge is 0.497 e. The second-order valence-corrected chi connectivity index (χ2v) is 8.67. The summed E-state index contributed by atoms with van der Waals surface area (Å²) in [6, 6.07) is 12.5. The number of nitrogens with zero attached hydrogens (tertiary/aromatic N) is 2. The monoisotopic (exact) mass is 438 g/mol. The van der Waals surface area contributed by atoms with Gasteiger partial charge in [-0.1, -0.05) is 28.1 Å². The van der Waals surface area contributed by atoms with Crippen molar-refractivity contribution in [3.63, 3.8) is 0 Å². The smallest absolute Gasteiger partial charge is 0.247 e. The summed E-state index contributed by atoms with van der Waals surface area (Å²) in [6.07, 6.45) is 1.60. The molecule has 2 aromatic rings.